The summed E-state index contributed by atoms with van der Waals surface area (Å²) in [5.41, 5.74) is -0.123. The smallest absolute Gasteiger partial charge is 0.271 e. The molecule has 24 heavy (non-hydrogen) atoms. The molecule has 0 atom stereocenters. The number of non-ortho nitro benzene ring substituents is 1. The highest BCUT2D eigenvalue weighted by molar-refractivity contribution is 7.92. The van der Waals surface area contributed by atoms with Gasteiger partial charge in [0.15, 0.2) is 0 Å². The molecule has 1 amide bonds. The Morgan fingerprint density at radius 2 is 1.92 bits per heavy atom. The van der Waals surface area contributed by atoms with Crippen molar-refractivity contribution in [2.24, 2.45) is 0 Å². The van der Waals surface area contributed by atoms with Gasteiger partial charge in [-0.05, 0) is 13.1 Å². The number of carbonyl (C=O) groups excluding carboxylic acids is 1. The van der Waals surface area contributed by atoms with Gasteiger partial charge < -0.3 is 9.80 Å². The summed E-state index contributed by atoms with van der Waals surface area (Å²) in [6, 6.07) is 5.25. The van der Waals surface area contributed by atoms with Gasteiger partial charge in [-0.3, -0.25) is 19.2 Å². The van der Waals surface area contributed by atoms with E-state index in [-0.39, 0.29) is 23.8 Å². The van der Waals surface area contributed by atoms with E-state index in [1.165, 1.54) is 18.2 Å². The molecule has 2 rings (SSSR count). The van der Waals surface area contributed by atoms with Gasteiger partial charge >= 0.3 is 0 Å². The molecule has 10 heteroatoms. The van der Waals surface area contributed by atoms with Gasteiger partial charge in [-0.15, -0.1) is 0 Å². The van der Waals surface area contributed by atoms with Crippen LogP contribution in [0.25, 0.3) is 0 Å². The van der Waals surface area contributed by atoms with Crippen molar-refractivity contribution in [3.63, 3.8) is 0 Å². The molecule has 9 nitrogen and oxygen atoms in total. The van der Waals surface area contributed by atoms with Crippen molar-refractivity contribution in [1.82, 2.24) is 9.80 Å². The summed E-state index contributed by atoms with van der Waals surface area (Å²) in [6.07, 6.45) is 0.975. The monoisotopic (exact) mass is 356 g/mol. The molecule has 0 saturated carbocycles. The highest BCUT2D eigenvalue weighted by atomic mass is 32.2. The minimum absolute atomic E-state index is 0.106. The number of likely N-dealkylation sites (N-methyl/N-ethyl adjacent to an activating group) is 1. The SMILES string of the molecule is CN1CCN(C(=O)CN(c2cccc([N+](=O)[O-])c2)S(C)(=O)=O)CC1. The minimum atomic E-state index is -3.75. The molecule has 1 aliphatic rings. The van der Waals surface area contributed by atoms with E-state index >= 15 is 0 Å². The Labute approximate surface area is 140 Å². The van der Waals surface area contributed by atoms with E-state index in [1.54, 1.807) is 4.90 Å². The van der Waals surface area contributed by atoms with Gasteiger partial charge in [0, 0.05) is 38.3 Å². The van der Waals surface area contributed by atoms with Crippen LogP contribution in [-0.2, 0) is 14.8 Å². The molecule has 1 saturated heterocycles. The number of hydrogen-bond acceptors (Lipinski definition) is 6. The molecule has 0 radical (unpaired) electrons. The van der Waals surface area contributed by atoms with Gasteiger partial charge in [-0.25, -0.2) is 8.42 Å². The quantitative estimate of drug-likeness (QED) is 0.549. The first-order valence-electron chi connectivity index (χ1n) is 7.37. The Bertz CT molecular complexity index is 728. The molecule has 1 aromatic carbocycles. The molecule has 0 spiro atoms. The number of nitro benzene ring substituents is 1. The van der Waals surface area contributed by atoms with E-state index in [1.807, 2.05) is 7.05 Å². The molecule has 0 aromatic heterocycles. The van der Waals surface area contributed by atoms with E-state index in [0.29, 0.717) is 13.1 Å². The lowest BCUT2D eigenvalue weighted by molar-refractivity contribution is -0.384. The van der Waals surface area contributed by atoms with E-state index in [2.05, 4.69) is 4.90 Å². The molecule has 1 aromatic rings. The Balaban J connectivity index is 2.22. The molecule has 1 fully saturated rings. The molecule has 0 aliphatic carbocycles. The maximum atomic E-state index is 12.4. The fourth-order valence-electron chi connectivity index (χ4n) is 2.44. The molecule has 0 bridgehead atoms. The summed E-state index contributed by atoms with van der Waals surface area (Å²) < 4.78 is 25.0. The zero-order valence-corrected chi connectivity index (χ0v) is 14.4. The third kappa shape index (κ3) is 4.42. The number of rotatable bonds is 5. The van der Waals surface area contributed by atoms with Crippen LogP contribution < -0.4 is 4.31 Å². The van der Waals surface area contributed by atoms with E-state index in [4.69, 9.17) is 0 Å². The van der Waals surface area contributed by atoms with Gasteiger partial charge in [0.05, 0.1) is 16.9 Å². The number of sulfonamides is 1. The van der Waals surface area contributed by atoms with Crippen LogP contribution in [-0.4, -0.2) is 75.1 Å². The molecule has 1 aliphatic heterocycles. The third-order valence-corrected chi connectivity index (χ3v) is 5.00. The average Bonchev–Trinajstić information content (AvgIpc) is 2.52. The van der Waals surface area contributed by atoms with E-state index in [9.17, 15) is 23.3 Å². The predicted octanol–water partition coefficient (Wildman–Crippen LogP) is 0.135. The van der Waals surface area contributed by atoms with Crippen molar-refractivity contribution in [1.29, 1.82) is 0 Å². The van der Waals surface area contributed by atoms with Crippen LogP contribution in [0.2, 0.25) is 0 Å². The van der Waals surface area contributed by atoms with Gasteiger partial charge in [0.2, 0.25) is 15.9 Å². The van der Waals surface area contributed by atoms with Crippen LogP contribution in [0.15, 0.2) is 24.3 Å². The second-order valence-electron chi connectivity index (χ2n) is 5.73. The second-order valence-corrected chi connectivity index (χ2v) is 7.64. The van der Waals surface area contributed by atoms with Crippen molar-refractivity contribution in [3.8, 4) is 0 Å². The van der Waals surface area contributed by atoms with E-state index in [0.717, 1.165) is 29.7 Å². The first-order chi connectivity index (χ1) is 11.2. The third-order valence-electron chi connectivity index (χ3n) is 3.86. The van der Waals surface area contributed by atoms with Crippen LogP contribution in [0.4, 0.5) is 11.4 Å². The number of piperazine rings is 1. The number of nitrogens with zero attached hydrogens (tertiary/aromatic N) is 4. The normalized spacial score (nSPS) is 16.0. The fraction of sp³-hybridized carbons (Fsp3) is 0.500. The summed E-state index contributed by atoms with van der Waals surface area (Å²) in [4.78, 5) is 26.4. The van der Waals surface area contributed by atoms with Crippen molar-refractivity contribution < 1.29 is 18.1 Å². The van der Waals surface area contributed by atoms with E-state index < -0.39 is 14.9 Å². The first-order valence-corrected chi connectivity index (χ1v) is 9.22. The van der Waals surface area contributed by atoms with Crippen molar-refractivity contribution in [2.45, 2.75) is 0 Å². The predicted molar refractivity (Wildman–Crippen MR) is 89.4 cm³/mol. The van der Waals surface area contributed by atoms with Crippen LogP contribution >= 0.6 is 0 Å². The Morgan fingerprint density at radius 3 is 2.46 bits per heavy atom. The number of nitro groups is 1. The standard InChI is InChI=1S/C14H20N4O5S/c1-15-6-8-16(9-7-15)14(19)11-17(24(2,22)23)12-4-3-5-13(10-12)18(20)21/h3-5,10H,6-9,11H2,1-2H3. The molecule has 1 heterocycles. The largest absolute Gasteiger partial charge is 0.339 e. The summed E-state index contributed by atoms with van der Waals surface area (Å²) >= 11 is 0. The molecule has 132 valence electrons. The van der Waals surface area contributed by atoms with Crippen LogP contribution in [0, 0.1) is 10.1 Å². The lowest BCUT2D eigenvalue weighted by Crippen LogP contribution is -2.50. The van der Waals surface area contributed by atoms with Gasteiger partial charge in [0.25, 0.3) is 5.69 Å². The fourth-order valence-corrected chi connectivity index (χ4v) is 3.28. The van der Waals surface area contributed by atoms with Crippen LogP contribution in [0.3, 0.4) is 0 Å². The molecular weight excluding hydrogens is 336 g/mol. The lowest BCUT2D eigenvalue weighted by atomic mass is 10.2. The molecular formula is C14H20N4O5S. The topological polar surface area (TPSA) is 104 Å². The second kappa shape index (κ2) is 7.14. The number of carbonyl (C=O) groups is 1. The summed E-state index contributed by atoms with van der Waals surface area (Å²) in [6.45, 7) is 2.14. The van der Waals surface area contributed by atoms with Gasteiger partial charge in [-0.2, -0.15) is 0 Å². The number of benzene rings is 1. The number of amides is 1. The Hall–Kier alpha value is -2.20. The summed E-state index contributed by atoms with van der Waals surface area (Å²) in [7, 11) is -1.80. The van der Waals surface area contributed by atoms with Gasteiger partial charge in [0.1, 0.15) is 6.54 Å². The zero-order valence-electron chi connectivity index (χ0n) is 13.6. The Morgan fingerprint density at radius 1 is 1.29 bits per heavy atom. The minimum Gasteiger partial charge on any atom is -0.339 e. The zero-order chi connectivity index (χ0) is 17.9. The molecule has 0 unspecified atom stereocenters. The maximum Gasteiger partial charge on any atom is 0.271 e. The Kier molecular flexibility index (Phi) is 5.40. The number of anilines is 1. The van der Waals surface area contributed by atoms with Crippen LogP contribution in [0.1, 0.15) is 0 Å². The lowest BCUT2D eigenvalue weighted by Gasteiger charge is -2.33. The van der Waals surface area contributed by atoms with Gasteiger partial charge in [-0.1, -0.05) is 6.07 Å². The molecule has 0 N–H and O–H groups in total. The van der Waals surface area contributed by atoms with Crippen molar-refractivity contribution in [2.75, 3.05) is 50.3 Å². The average molecular weight is 356 g/mol. The van der Waals surface area contributed by atoms with Crippen molar-refractivity contribution in [3.05, 3.63) is 34.4 Å². The van der Waals surface area contributed by atoms with Crippen molar-refractivity contribution >= 4 is 27.3 Å². The first kappa shape index (κ1) is 18.1. The van der Waals surface area contributed by atoms with Crippen LogP contribution in [0.5, 0.6) is 0 Å². The summed E-state index contributed by atoms with van der Waals surface area (Å²) in [5.74, 6) is -0.319. The highest BCUT2D eigenvalue weighted by Crippen LogP contribution is 2.23. The highest BCUT2D eigenvalue weighted by Gasteiger charge is 2.26. The maximum absolute atomic E-state index is 12.4. The number of hydrogen-bond donors (Lipinski definition) is 0. The summed E-state index contributed by atoms with van der Waals surface area (Å²) in [5, 5.41) is 10.9.